The van der Waals surface area contributed by atoms with Gasteiger partial charge in [-0.15, -0.1) is 0 Å². The molecule has 0 saturated carbocycles. The third-order valence-corrected chi connectivity index (χ3v) is 2.55. The molecular weight excluding hydrogens is 210 g/mol. The van der Waals surface area contributed by atoms with Crippen LogP contribution in [0.15, 0.2) is 43.2 Å². The van der Waals surface area contributed by atoms with E-state index in [1.54, 1.807) is 12.4 Å². The van der Waals surface area contributed by atoms with E-state index in [0.717, 1.165) is 22.1 Å². The molecule has 86 valence electrons. The van der Waals surface area contributed by atoms with Gasteiger partial charge < -0.3 is 5.73 Å². The highest BCUT2D eigenvalue weighted by Crippen LogP contribution is 2.07. The first-order valence-corrected chi connectivity index (χ1v) is 5.44. The molecule has 0 atom stereocenters. The van der Waals surface area contributed by atoms with Crippen LogP contribution in [-0.4, -0.2) is 9.55 Å². The van der Waals surface area contributed by atoms with E-state index in [0.29, 0.717) is 0 Å². The third-order valence-electron chi connectivity index (χ3n) is 2.55. The summed E-state index contributed by atoms with van der Waals surface area (Å²) in [4.78, 5) is 4.35. The van der Waals surface area contributed by atoms with Gasteiger partial charge in [-0.25, -0.2) is 4.98 Å². The Balaban J connectivity index is 2.65. The van der Waals surface area contributed by atoms with Crippen LogP contribution < -0.4 is 16.4 Å². The maximum absolute atomic E-state index is 5.68. The highest BCUT2D eigenvalue weighted by molar-refractivity contribution is 5.46. The molecule has 0 saturated heterocycles. The highest BCUT2D eigenvalue weighted by atomic mass is 15.0. The summed E-state index contributed by atoms with van der Waals surface area (Å²) in [5.74, 6) is 0. The predicted octanol–water partition coefficient (Wildman–Crippen LogP) is 1.22. The Hall–Kier alpha value is -2.29. The summed E-state index contributed by atoms with van der Waals surface area (Å²) in [6, 6.07) is 7.71. The zero-order valence-electron chi connectivity index (χ0n) is 9.80. The zero-order chi connectivity index (χ0) is 12.3. The van der Waals surface area contributed by atoms with Gasteiger partial charge in [0.25, 0.3) is 0 Å². The van der Waals surface area contributed by atoms with Crippen LogP contribution in [0, 0.1) is 0 Å². The summed E-state index contributed by atoms with van der Waals surface area (Å²) in [7, 11) is 0. The van der Waals surface area contributed by atoms with Gasteiger partial charge >= 0.3 is 0 Å². The van der Waals surface area contributed by atoms with Crippen LogP contribution in [0.3, 0.4) is 0 Å². The van der Waals surface area contributed by atoms with E-state index in [1.807, 2.05) is 47.9 Å². The van der Waals surface area contributed by atoms with Gasteiger partial charge in [0, 0.05) is 11.4 Å². The molecule has 0 aliphatic heterocycles. The molecule has 0 unspecified atom stereocenters. The molecule has 1 aromatic heterocycles. The van der Waals surface area contributed by atoms with Crippen LogP contribution >= 0.6 is 0 Å². The summed E-state index contributed by atoms with van der Waals surface area (Å²) in [5.41, 5.74) is 7.48. The zero-order valence-corrected chi connectivity index (χ0v) is 9.80. The summed E-state index contributed by atoms with van der Waals surface area (Å²) in [6.07, 6.45) is 7.46. The molecule has 17 heavy (non-hydrogen) atoms. The molecule has 3 nitrogen and oxygen atoms in total. The van der Waals surface area contributed by atoms with Gasteiger partial charge in [0.1, 0.15) is 6.33 Å². The number of nitrogens with zero attached hydrogens (tertiary/aromatic N) is 2. The highest BCUT2D eigenvalue weighted by Gasteiger charge is 1.99. The van der Waals surface area contributed by atoms with E-state index in [4.69, 9.17) is 5.73 Å². The standard InChI is InChI=1S/C14H15N3/c1-3-5-13-14(4-2)17(10-16-13)12-8-6-11(15)7-9-12/h3-10H,1,15H2,2H3/b13-5+,14-4+. The lowest BCUT2D eigenvalue weighted by Crippen LogP contribution is -2.28. The smallest absolute Gasteiger partial charge is 0.100 e. The van der Waals surface area contributed by atoms with Crippen LogP contribution in [0.5, 0.6) is 0 Å². The second kappa shape index (κ2) is 4.70. The number of hydrogen-bond acceptors (Lipinski definition) is 2. The maximum atomic E-state index is 5.68. The molecule has 1 aromatic carbocycles. The number of aromatic nitrogens is 2. The minimum absolute atomic E-state index is 0.758. The van der Waals surface area contributed by atoms with Crippen LogP contribution in [0.25, 0.3) is 17.8 Å². The second-order valence-electron chi connectivity index (χ2n) is 3.67. The van der Waals surface area contributed by atoms with Crippen molar-refractivity contribution in [3.8, 4) is 5.69 Å². The summed E-state index contributed by atoms with van der Waals surface area (Å²) < 4.78 is 2.02. The van der Waals surface area contributed by atoms with E-state index in [9.17, 15) is 0 Å². The van der Waals surface area contributed by atoms with Crippen molar-refractivity contribution in [3.63, 3.8) is 0 Å². The van der Waals surface area contributed by atoms with Gasteiger partial charge in [0.05, 0.1) is 10.7 Å². The predicted molar refractivity (Wildman–Crippen MR) is 72.0 cm³/mol. The van der Waals surface area contributed by atoms with E-state index in [-0.39, 0.29) is 0 Å². The fourth-order valence-electron chi connectivity index (χ4n) is 1.74. The van der Waals surface area contributed by atoms with Gasteiger partial charge in [-0.2, -0.15) is 0 Å². The first-order valence-electron chi connectivity index (χ1n) is 5.44. The van der Waals surface area contributed by atoms with Crippen molar-refractivity contribution in [2.45, 2.75) is 6.92 Å². The van der Waals surface area contributed by atoms with Crippen molar-refractivity contribution in [3.05, 3.63) is 53.9 Å². The number of allylic oxidation sites excluding steroid dienone is 1. The largest absolute Gasteiger partial charge is 0.399 e. The molecule has 0 bridgehead atoms. The molecule has 1 heterocycles. The van der Waals surface area contributed by atoms with Crippen LogP contribution in [0.4, 0.5) is 5.69 Å². The Kier molecular flexibility index (Phi) is 3.10. The van der Waals surface area contributed by atoms with Crippen LogP contribution in [-0.2, 0) is 0 Å². The molecule has 2 N–H and O–H groups in total. The summed E-state index contributed by atoms with van der Waals surface area (Å²) in [6.45, 7) is 5.68. The Labute approximate surface area is 100 Å². The van der Waals surface area contributed by atoms with E-state index in [2.05, 4.69) is 11.6 Å². The molecule has 0 spiro atoms. The third kappa shape index (κ3) is 2.13. The van der Waals surface area contributed by atoms with Crippen molar-refractivity contribution in [2.24, 2.45) is 0 Å². The SMILES string of the molecule is C=C/C=c1/ncn(-c2ccc(N)cc2)/c1=C/C. The molecule has 0 radical (unpaired) electrons. The molecule has 3 heteroatoms. The first kappa shape index (κ1) is 11.2. The molecule has 0 aliphatic rings. The normalized spacial score (nSPS) is 13.0. The average molecular weight is 225 g/mol. The van der Waals surface area contributed by atoms with Crippen molar-refractivity contribution < 1.29 is 0 Å². The minimum atomic E-state index is 0.758. The molecule has 2 rings (SSSR count). The molecule has 0 fully saturated rings. The average Bonchev–Trinajstić information content (AvgIpc) is 2.73. The fraction of sp³-hybridized carbons (Fsp3) is 0.0714. The Bertz CT molecular complexity index is 633. The van der Waals surface area contributed by atoms with Gasteiger partial charge in [0.15, 0.2) is 0 Å². The van der Waals surface area contributed by atoms with Crippen LogP contribution in [0.2, 0.25) is 0 Å². The van der Waals surface area contributed by atoms with E-state index in [1.165, 1.54) is 0 Å². The fourth-order valence-corrected chi connectivity index (χ4v) is 1.74. The number of nitrogen functional groups attached to an aromatic ring is 1. The lowest BCUT2D eigenvalue weighted by Gasteiger charge is -2.02. The van der Waals surface area contributed by atoms with Crippen LogP contribution in [0.1, 0.15) is 6.92 Å². The van der Waals surface area contributed by atoms with Crippen molar-refractivity contribution in [1.82, 2.24) is 9.55 Å². The number of anilines is 1. The number of benzene rings is 1. The summed E-state index contributed by atoms with van der Waals surface area (Å²) >= 11 is 0. The molecular formula is C14H15N3. The second-order valence-corrected chi connectivity index (χ2v) is 3.67. The van der Waals surface area contributed by atoms with E-state index >= 15 is 0 Å². The van der Waals surface area contributed by atoms with Gasteiger partial charge in [0.2, 0.25) is 0 Å². The monoisotopic (exact) mass is 225 g/mol. The summed E-state index contributed by atoms with van der Waals surface area (Å²) in [5, 5.41) is 1.97. The van der Waals surface area contributed by atoms with E-state index < -0.39 is 0 Å². The molecule has 0 amide bonds. The number of imidazole rings is 1. The Morgan fingerprint density at radius 2 is 2.00 bits per heavy atom. The minimum Gasteiger partial charge on any atom is -0.399 e. The molecule has 2 aromatic rings. The number of hydrogen-bond donors (Lipinski definition) is 1. The van der Waals surface area contributed by atoms with Gasteiger partial charge in [-0.05, 0) is 37.3 Å². The first-order chi connectivity index (χ1) is 8.26. The Morgan fingerprint density at radius 1 is 1.29 bits per heavy atom. The molecule has 0 aliphatic carbocycles. The lowest BCUT2D eigenvalue weighted by molar-refractivity contribution is 1.02. The van der Waals surface area contributed by atoms with Gasteiger partial charge in [-0.1, -0.05) is 18.7 Å². The lowest BCUT2D eigenvalue weighted by atomic mass is 10.3. The number of nitrogens with two attached hydrogens (primary N) is 1. The maximum Gasteiger partial charge on any atom is 0.100 e. The Morgan fingerprint density at radius 3 is 2.59 bits per heavy atom. The van der Waals surface area contributed by atoms with Gasteiger partial charge in [-0.3, -0.25) is 4.57 Å². The number of rotatable bonds is 2. The van der Waals surface area contributed by atoms with Crippen molar-refractivity contribution >= 4 is 17.8 Å². The quantitative estimate of drug-likeness (QED) is 0.781. The van der Waals surface area contributed by atoms with Crippen molar-refractivity contribution in [1.29, 1.82) is 0 Å². The van der Waals surface area contributed by atoms with Crippen molar-refractivity contribution in [2.75, 3.05) is 5.73 Å². The topological polar surface area (TPSA) is 43.8 Å².